The summed E-state index contributed by atoms with van der Waals surface area (Å²) < 4.78 is 0. The van der Waals surface area contributed by atoms with E-state index in [4.69, 9.17) is 5.11 Å². The number of aliphatic hydroxyl groups is 2. The molecule has 0 heterocycles. The fourth-order valence-electron chi connectivity index (χ4n) is 8.50. The first-order valence-electron chi connectivity index (χ1n) is 11.7. The Morgan fingerprint density at radius 2 is 1.90 bits per heavy atom. The molecule has 4 fully saturated rings. The van der Waals surface area contributed by atoms with Gasteiger partial charge in [-0.2, -0.15) is 0 Å². The van der Waals surface area contributed by atoms with Gasteiger partial charge in [0, 0.05) is 19.3 Å². The van der Waals surface area contributed by atoms with Gasteiger partial charge in [0.15, 0.2) is 0 Å². The van der Waals surface area contributed by atoms with Crippen molar-refractivity contribution in [3.8, 4) is 0 Å². The summed E-state index contributed by atoms with van der Waals surface area (Å²) in [4.78, 5) is 23.1. The standard InChI is InChI=1S/C24H38O5/c1-13(4-7-21(28)29)16-5-6-17-22-18(12-20(27)24(16,17)3)23(2)9-8-15(25)10-14(23)11-19(22)26/h13-14,16-20,22,26-27H,4-12H2,1-3H3,(H,28,29)/t13-,14+,16+,17+,18+,19-,20-,22+,23+,24-/m1/s1. The molecule has 29 heavy (non-hydrogen) atoms. The summed E-state index contributed by atoms with van der Waals surface area (Å²) >= 11 is 0. The molecule has 0 amide bonds. The molecule has 5 heteroatoms. The zero-order valence-corrected chi connectivity index (χ0v) is 18.1. The van der Waals surface area contributed by atoms with E-state index in [2.05, 4.69) is 20.8 Å². The summed E-state index contributed by atoms with van der Waals surface area (Å²) in [6.45, 7) is 6.66. The van der Waals surface area contributed by atoms with Crippen molar-refractivity contribution in [2.24, 2.45) is 46.3 Å². The van der Waals surface area contributed by atoms with Crippen molar-refractivity contribution in [1.82, 2.24) is 0 Å². The highest BCUT2D eigenvalue weighted by atomic mass is 16.4. The van der Waals surface area contributed by atoms with Gasteiger partial charge < -0.3 is 15.3 Å². The Morgan fingerprint density at radius 3 is 2.59 bits per heavy atom. The van der Waals surface area contributed by atoms with Gasteiger partial charge in [-0.05, 0) is 84.9 Å². The number of Topliss-reactive ketones (excluding diaryl/α,β-unsaturated/α-hetero) is 1. The first-order valence-corrected chi connectivity index (χ1v) is 11.7. The van der Waals surface area contributed by atoms with Crippen molar-refractivity contribution in [3.63, 3.8) is 0 Å². The fraction of sp³-hybridized carbons (Fsp3) is 0.917. The highest BCUT2D eigenvalue weighted by Crippen LogP contribution is 2.68. The van der Waals surface area contributed by atoms with E-state index in [0.29, 0.717) is 43.8 Å². The van der Waals surface area contributed by atoms with Gasteiger partial charge in [-0.25, -0.2) is 0 Å². The third kappa shape index (κ3) is 3.18. The molecule has 3 N–H and O–H groups in total. The molecule has 0 unspecified atom stereocenters. The molecule has 0 aromatic carbocycles. The van der Waals surface area contributed by atoms with Crippen LogP contribution in [0, 0.1) is 46.3 Å². The molecule has 4 saturated carbocycles. The van der Waals surface area contributed by atoms with Crippen LogP contribution in [0.3, 0.4) is 0 Å². The van der Waals surface area contributed by atoms with Gasteiger partial charge in [-0.1, -0.05) is 20.8 Å². The lowest BCUT2D eigenvalue weighted by atomic mass is 9.43. The lowest BCUT2D eigenvalue weighted by Crippen LogP contribution is -2.62. The van der Waals surface area contributed by atoms with Crippen LogP contribution in [0.25, 0.3) is 0 Å². The summed E-state index contributed by atoms with van der Waals surface area (Å²) in [6, 6.07) is 0. The van der Waals surface area contributed by atoms with Crippen molar-refractivity contribution < 1.29 is 24.9 Å². The second kappa shape index (κ2) is 7.33. The van der Waals surface area contributed by atoms with Crippen LogP contribution < -0.4 is 0 Å². The van der Waals surface area contributed by atoms with E-state index in [1.165, 1.54) is 0 Å². The van der Waals surface area contributed by atoms with Gasteiger partial charge in [0.25, 0.3) is 0 Å². The van der Waals surface area contributed by atoms with Crippen LogP contribution >= 0.6 is 0 Å². The minimum absolute atomic E-state index is 0.0348. The number of ketones is 1. The predicted molar refractivity (Wildman–Crippen MR) is 109 cm³/mol. The zero-order chi connectivity index (χ0) is 21.1. The van der Waals surface area contributed by atoms with Gasteiger partial charge in [0.05, 0.1) is 12.2 Å². The summed E-state index contributed by atoms with van der Waals surface area (Å²) in [5, 5.41) is 31.8. The summed E-state index contributed by atoms with van der Waals surface area (Å²) in [5.41, 5.74) is -0.221. The third-order valence-corrected chi connectivity index (χ3v) is 10.2. The Balaban J connectivity index is 1.61. The lowest BCUT2D eigenvalue weighted by molar-refractivity contribution is -0.201. The fourth-order valence-corrected chi connectivity index (χ4v) is 8.50. The molecule has 5 nitrogen and oxygen atoms in total. The van der Waals surface area contributed by atoms with Crippen molar-refractivity contribution in [2.45, 2.75) is 90.8 Å². The largest absolute Gasteiger partial charge is 0.481 e. The highest BCUT2D eigenvalue weighted by Gasteiger charge is 2.65. The molecule has 0 aromatic rings. The SMILES string of the molecule is C[C@H](CCC(=O)O)[C@@H]1CC[C@H]2[C@@H]3[C@H](O)C[C@@H]4CC(=O)CC[C@]4(C)[C@H]3C[C@@H](O)[C@@]21C. The smallest absolute Gasteiger partial charge is 0.303 e. The van der Waals surface area contributed by atoms with Gasteiger partial charge in [-0.3, -0.25) is 9.59 Å². The molecular weight excluding hydrogens is 368 g/mol. The molecule has 0 bridgehead atoms. The third-order valence-electron chi connectivity index (χ3n) is 10.2. The molecule has 4 aliphatic carbocycles. The monoisotopic (exact) mass is 406 g/mol. The number of carboxylic acid groups (broad SMARTS) is 1. The minimum atomic E-state index is -0.755. The Morgan fingerprint density at radius 1 is 1.17 bits per heavy atom. The Labute approximate surface area is 174 Å². The quantitative estimate of drug-likeness (QED) is 0.662. The van der Waals surface area contributed by atoms with E-state index >= 15 is 0 Å². The van der Waals surface area contributed by atoms with Crippen molar-refractivity contribution in [2.75, 3.05) is 0 Å². The number of fused-ring (bicyclic) bond motifs is 5. The molecule has 164 valence electrons. The van der Waals surface area contributed by atoms with E-state index < -0.39 is 18.2 Å². The van der Waals surface area contributed by atoms with E-state index in [1.807, 2.05) is 0 Å². The van der Waals surface area contributed by atoms with Gasteiger partial charge in [0.1, 0.15) is 5.78 Å². The maximum Gasteiger partial charge on any atom is 0.303 e. The maximum atomic E-state index is 12.1. The Kier molecular flexibility index (Phi) is 5.39. The van der Waals surface area contributed by atoms with Crippen LogP contribution in [0.4, 0.5) is 0 Å². The number of carbonyl (C=O) groups is 2. The number of carbonyl (C=O) groups excluding carboxylic acids is 1. The average molecular weight is 407 g/mol. The zero-order valence-electron chi connectivity index (χ0n) is 18.1. The first kappa shape index (κ1) is 21.3. The van der Waals surface area contributed by atoms with Crippen LogP contribution in [0.1, 0.15) is 78.6 Å². The summed E-state index contributed by atoms with van der Waals surface area (Å²) in [5.74, 6) is 1.10. The van der Waals surface area contributed by atoms with Crippen LogP contribution in [0.5, 0.6) is 0 Å². The molecule has 0 radical (unpaired) electrons. The number of aliphatic carboxylic acids is 1. The van der Waals surface area contributed by atoms with Crippen LogP contribution in [-0.4, -0.2) is 39.3 Å². The number of hydrogen-bond donors (Lipinski definition) is 3. The maximum absolute atomic E-state index is 12.1. The van der Waals surface area contributed by atoms with Crippen molar-refractivity contribution in [3.05, 3.63) is 0 Å². The first-order chi connectivity index (χ1) is 13.6. The summed E-state index contributed by atoms with van der Waals surface area (Å²) in [7, 11) is 0. The van der Waals surface area contributed by atoms with E-state index in [9.17, 15) is 19.8 Å². The van der Waals surface area contributed by atoms with E-state index in [-0.39, 0.29) is 46.8 Å². The molecule has 10 atom stereocenters. The number of rotatable bonds is 4. The molecule has 0 aromatic heterocycles. The second-order valence-corrected chi connectivity index (χ2v) is 11.2. The summed E-state index contributed by atoms with van der Waals surface area (Å²) in [6.07, 6.45) is 5.56. The average Bonchev–Trinajstić information content (AvgIpc) is 3.01. The van der Waals surface area contributed by atoms with Gasteiger partial charge in [0.2, 0.25) is 0 Å². The molecule has 4 rings (SSSR count). The molecule has 0 aliphatic heterocycles. The molecule has 0 saturated heterocycles. The molecular formula is C24H38O5. The highest BCUT2D eigenvalue weighted by molar-refractivity contribution is 5.79. The Hall–Kier alpha value is -0.940. The normalized spacial score (nSPS) is 50.4. The Bertz CT molecular complexity index is 676. The predicted octanol–water partition coefficient (Wildman–Crippen LogP) is 3.66. The number of hydrogen-bond acceptors (Lipinski definition) is 4. The van der Waals surface area contributed by atoms with Crippen molar-refractivity contribution in [1.29, 1.82) is 0 Å². The van der Waals surface area contributed by atoms with Crippen LogP contribution in [0.2, 0.25) is 0 Å². The minimum Gasteiger partial charge on any atom is -0.481 e. The van der Waals surface area contributed by atoms with Gasteiger partial charge in [-0.15, -0.1) is 0 Å². The number of aliphatic hydroxyl groups excluding tert-OH is 2. The molecule has 4 aliphatic rings. The number of carboxylic acids is 1. The van der Waals surface area contributed by atoms with Crippen molar-refractivity contribution >= 4 is 11.8 Å². The lowest BCUT2D eigenvalue weighted by Gasteiger charge is -2.63. The van der Waals surface area contributed by atoms with E-state index in [1.54, 1.807) is 0 Å². The van der Waals surface area contributed by atoms with E-state index in [0.717, 1.165) is 19.3 Å². The van der Waals surface area contributed by atoms with Crippen LogP contribution in [-0.2, 0) is 9.59 Å². The van der Waals surface area contributed by atoms with Crippen LogP contribution in [0.15, 0.2) is 0 Å². The topological polar surface area (TPSA) is 94.8 Å². The molecule has 0 spiro atoms. The second-order valence-electron chi connectivity index (χ2n) is 11.2. The van der Waals surface area contributed by atoms with Gasteiger partial charge >= 0.3 is 5.97 Å².